The Labute approximate surface area is 124 Å². The number of rotatable bonds is 4. The smallest absolute Gasteiger partial charge is 0.181 e. The van der Waals surface area contributed by atoms with E-state index in [4.69, 9.17) is 4.74 Å². The van der Waals surface area contributed by atoms with Gasteiger partial charge in [0.2, 0.25) is 0 Å². The van der Waals surface area contributed by atoms with Gasteiger partial charge >= 0.3 is 0 Å². The minimum absolute atomic E-state index is 0.521. The number of aromatic nitrogens is 4. The molecule has 1 aromatic carbocycles. The predicted molar refractivity (Wildman–Crippen MR) is 80.6 cm³/mol. The molecule has 1 atom stereocenters. The summed E-state index contributed by atoms with van der Waals surface area (Å²) in [6.07, 6.45) is 4.77. The maximum atomic E-state index is 11.6. The van der Waals surface area contributed by atoms with Gasteiger partial charge in [-0.3, -0.25) is 4.21 Å². The van der Waals surface area contributed by atoms with E-state index in [-0.39, 0.29) is 0 Å². The molecule has 0 aliphatic carbocycles. The van der Waals surface area contributed by atoms with E-state index in [0.29, 0.717) is 23.8 Å². The molecule has 6 nitrogen and oxygen atoms in total. The Kier molecular flexibility index (Phi) is 3.66. The van der Waals surface area contributed by atoms with Gasteiger partial charge in [-0.05, 0) is 25.1 Å². The van der Waals surface area contributed by atoms with Gasteiger partial charge in [0.15, 0.2) is 5.65 Å². The molecule has 21 heavy (non-hydrogen) atoms. The standard InChI is InChI=1S/C14H14N4O2S/c1-3-20-12-6-9(21(2)19)4-5-10(12)13-17-11-7-15-8-16-14(11)18-13/h4-8H,3H2,1-2H3,(H,15,16,17,18). The maximum Gasteiger partial charge on any atom is 0.181 e. The molecule has 0 spiro atoms. The van der Waals surface area contributed by atoms with Crippen LogP contribution in [0.25, 0.3) is 22.6 Å². The van der Waals surface area contributed by atoms with Gasteiger partial charge in [0, 0.05) is 22.0 Å². The number of fused-ring (bicyclic) bond motifs is 1. The summed E-state index contributed by atoms with van der Waals surface area (Å²) < 4.78 is 17.3. The van der Waals surface area contributed by atoms with E-state index in [2.05, 4.69) is 19.9 Å². The Morgan fingerprint density at radius 2 is 2.24 bits per heavy atom. The molecule has 1 unspecified atom stereocenters. The van der Waals surface area contributed by atoms with Crippen molar-refractivity contribution < 1.29 is 8.95 Å². The minimum Gasteiger partial charge on any atom is -0.493 e. The number of nitrogens with zero attached hydrogens (tertiary/aromatic N) is 3. The third kappa shape index (κ3) is 2.64. The normalized spacial score (nSPS) is 12.5. The van der Waals surface area contributed by atoms with Crippen molar-refractivity contribution in [2.24, 2.45) is 0 Å². The second-order valence-electron chi connectivity index (χ2n) is 4.39. The van der Waals surface area contributed by atoms with Crippen LogP contribution in [0.5, 0.6) is 5.75 Å². The number of hydrogen-bond donors (Lipinski definition) is 1. The lowest BCUT2D eigenvalue weighted by atomic mass is 10.2. The first-order chi connectivity index (χ1) is 10.2. The van der Waals surface area contributed by atoms with Crippen molar-refractivity contribution in [1.29, 1.82) is 0 Å². The zero-order valence-electron chi connectivity index (χ0n) is 11.7. The van der Waals surface area contributed by atoms with Gasteiger partial charge in [0.05, 0.1) is 18.4 Å². The molecule has 0 radical (unpaired) electrons. The molecule has 0 bridgehead atoms. The Morgan fingerprint density at radius 1 is 1.38 bits per heavy atom. The fourth-order valence-electron chi connectivity index (χ4n) is 2.04. The number of benzene rings is 1. The van der Waals surface area contributed by atoms with Crippen molar-refractivity contribution in [2.45, 2.75) is 11.8 Å². The van der Waals surface area contributed by atoms with Crippen molar-refractivity contribution in [3.05, 3.63) is 30.7 Å². The monoisotopic (exact) mass is 302 g/mol. The fraction of sp³-hybridized carbons (Fsp3) is 0.214. The lowest BCUT2D eigenvalue weighted by molar-refractivity contribution is 0.340. The fourth-order valence-corrected chi connectivity index (χ4v) is 2.57. The van der Waals surface area contributed by atoms with Gasteiger partial charge in [0.1, 0.15) is 23.4 Å². The average Bonchev–Trinajstić information content (AvgIpc) is 2.91. The zero-order chi connectivity index (χ0) is 14.8. The Balaban J connectivity index is 2.13. The van der Waals surface area contributed by atoms with Crippen molar-refractivity contribution in [1.82, 2.24) is 19.9 Å². The van der Waals surface area contributed by atoms with Crippen LogP contribution in [0.1, 0.15) is 6.92 Å². The molecular formula is C14H14N4O2S. The zero-order valence-corrected chi connectivity index (χ0v) is 12.5. The van der Waals surface area contributed by atoms with Crippen molar-refractivity contribution >= 4 is 22.0 Å². The van der Waals surface area contributed by atoms with Crippen LogP contribution >= 0.6 is 0 Å². The lowest BCUT2D eigenvalue weighted by Crippen LogP contribution is -1.97. The summed E-state index contributed by atoms with van der Waals surface area (Å²) in [7, 11) is -1.06. The molecule has 1 N–H and O–H groups in total. The number of hydrogen-bond acceptors (Lipinski definition) is 5. The molecule has 3 aromatic rings. The molecule has 2 aromatic heterocycles. The second kappa shape index (κ2) is 5.61. The maximum absolute atomic E-state index is 11.6. The highest BCUT2D eigenvalue weighted by Crippen LogP contribution is 2.31. The van der Waals surface area contributed by atoms with Crippen molar-refractivity contribution in [2.75, 3.05) is 12.9 Å². The highest BCUT2D eigenvalue weighted by atomic mass is 32.2. The SMILES string of the molecule is CCOc1cc(S(C)=O)ccc1-c1nc2ncncc2[nH]1. The van der Waals surface area contributed by atoms with E-state index < -0.39 is 10.8 Å². The summed E-state index contributed by atoms with van der Waals surface area (Å²) in [4.78, 5) is 16.4. The molecular weight excluding hydrogens is 288 g/mol. The molecule has 2 heterocycles. The molecule has 0 aliphatic rings. The quantitative estimate of drug-likeness (QED) is 0.798. The highest BCUT2D eigenvalue weighted by Gasteiger charge is 2.13. The van der Waals surface area contributed by atoms with Crippen LogP contribution in [0.15, 0.2) is 35.6 Å². The van der Waals surface area contributed by atoms with Crippen molar-refractivity contribution in [3.63, 3.8) is 0 Å². The number of H-pyrrole nitrogens is 1. The van der Waals surface area contributed by atoms with Gasteiger partial charge < -0.3 is 9.72 Å². The van der Waals surface area contributed by atoms with E-state index >= 15 is 0 Å². The first kappa shape index (κ1) is 13.7. The Hall–Kier alpha value is -2.28. The van der Waals surface area contributed by atoms with Crippen LogP contribution in [0, 0.1) is 0 Å². The Bertz CT molecular complexity index is 783. The van der Waals surface area contributed by atoms with Gasteiger partial charge in [-0.1, -0.05) is 0 Å². The highest BCUT2D eigenvalue weighted by molar-refractivity contribution is 7.84. The van der Waals surface area contributed by atoms with E-state index in [1.165, 1.54) is 6.33 Å². The molecule has 108 valence electrons. The van der Waals surface area contributed by atoms with E-state index in [0.717, 1.165) is 16.0 Å². The van der Waals surface area contributed by atoms with Crippen LogP contribution in [-0.2, 0) is 10.8 Å². The van der Waals surface area contributed by atoms with Crippen LogP contribution in [0.4, 0.5) is 0 Å². The van der Waals surface area contributed by atoms with Crippen LogP contribution in [0.2, 0.25) is 0 Å². The molecule has 0 saturated carbocycles. The first-order valence-electron chi connectivity index (χ1n) is 6.45. The van der Waals surface area contributed by atoms with E-state index in [9.17, 15) is 4.21 Å². The van der Waals surface area contributed by atoms with Crippen LogP contribution < -0.4 is 4.74 Å². The second-order valence-corrected chi connectivity index (χ2v) is 5.77. The number of nitrogens with one attached hydrogen (secondary N) is 1. The number of imidazole rings is 1. The molecule has 0 amide bonds. The third-order valence-electron chi connectivity index (χ3n) is 3.00. The summed E-state index contributed by atoms with van der Waals surface area (Å²) in [5.41, 5.74) is 2.17. The lowest BCUT2D eigenvalue weighted by Gasteiger charge is -2.09. The van der Waals surface area contributed by atoms with Gasteiger partial charge in [0.25, 0.3) is 0 Å². The topological polar surface area (TPSA) is 80.8 Å². The van der Waals surface area contributed by atoms with Gasteiger partial charge in [-0.15, -0.1) is 0 Å². The van der Waals surface area contributed by atoms with Gasteiger partial charge in [-0.25, -0.2) is 15.0 Å². The summed E-state index contributed by atoms with van der Waals surface area (Å²) in [6, 6.07) is 5.45. The third-order valence-corrected chi connectivity index (χ3v) is 3.92. The minimum atomic E-state index is -1.06. The number of ether oxygens (including phenoxy) is 1. The summed E-state index contributed by atoms with van der Waals surface area (Å²) in [5.74, 6) is 1.31. The summed E-state index contributed by atoms with van der Waals surface area (Å²) >= 11 is 0. The molecule has 7 heteroatoms. The summed E-state index contributed by atoms with van der Waals surface area (Å²) in [6.45, 7) is 2.43. The molecule has 0 fully saturated rings. The average molecular weight is 302 g/mol. The van der Waals surface area contributed by atoms with Crippen molar-refractivity contribution in [3.8, 4) is 17.1 Å². The number of aromatic amines is 1. The molecule has 0 aliphatic heterocycles. The Morgan fingerprint density at radius 3 is 2.95 bits per heavy atom. The van der Waals surface area contributed by atoms with Crippen LogP contribution in [-0.4, -0.2) is 37.0 Å². The predicted octanol–water partition coefficient (Wildman–Crippen LogP) is 2.16. The van der Waals surface area contributed by atoms with E-state index in [1.807, 2.05) is 19.1 Å². The largest absolute Gasteiger partial charge is 0.493 e. The van der Waals surface area contributed by atoms with Gasteiger partial charge in [-0.2, -0.15) is 0 Å². The molecule has 0 saturated heterocycles. The summed E-state index contributed by atoms with van der Waals surface area (Å²) in [5, 5.41) is 0. The first-order valence-corrected chi connectivity index (χ1v) is 8.01. The van der Waals surface area contributed by atoms with E-state index in [1.54, 1.807) is 18.5 Å². The molecule has 3 rings (SSSR count). The van der Waals surface area contributed by atoms with Crippen LogP contribution in [0.3, 0.4) is 0 Å².